The molecule has 0 saturated carbocycles. The minimum absolute atomic E-state index is 0.593. The zero-order valence-corrected chi connectivity index (χ0v) is 23.4. The molecule has 206 valence electrons. The number of benzene rings is 5. The molecule has 44 heavy (non-hydrogen) atoms. The molecular weight excluding hydrogens is 542 g/mol. The third-order valence-electron chi connectivity index (χ3n) is 8.12. The second-order valence-electron chi connectivity index (χ2n) is 10.7. The maximum atomic E-state index is 6.68. The van der Waals surface area contributed by atoms with Gasteiger partial charge in [0, 0.05) is 44.4 Å². The van der Waals surface area contributed by atoms with Crippen LogP contribution in [0.3, 0.4) is 0 Å². The Kier molecular flexibility index (Phi) is 5.40. The van der Waals surface area contributed by atoms with Gasteiger partial charge in [0.15, 0.2) is 23.1 Å². The number of pyridine rings is 1. The Hall–Kier alpha value is -6.14. The average Bonchev–Trinajstić information content (AvgIpc) is 3.65. The molecule has 6 nitrogen and oxygen atoms in total. The first kappa shape index (κ1) is 24.5. The van der Waals surface area contributed by atoms with Crippen LogP contribution in [0.15, 0.2) is 144 Å². The number of fused-ring (bicyclic) bond motifs is 6. The van der Waals surface area contributed by atoms with Crippen molar-refractivity contribution < 1.29 is 4.42 Å². The van der Waals surface area contributed by atoms with Crippen LogP contribution in [0, 0.1) is 0 Å². The highest BCUT2D eigenvalue weighted by atomic mass is 16.3. The van der Waals surface area contributed by atoms with Crippen LogP contribution >= 0.6 is 0 Å². The number of hydrogen-bond donors (Lipinski definition) is 0. The van der Waals surface area contributed by atoms with Crippen LogP contribution in [0.5, 0.6) is 0 Å². The predicted octanol–water partition coefficient (Wildman–Crippen LogP) is 9.26. The second kappa shape index (κ2) is 9.71. The number of hydrogen-bond acceptors (Lipinski definition) is 5. The number of nitrogens with zero attached hydrogens (tertiary/aromatic N) is 5. The number of furan rings is 1. The first-order chi connectivity index (χ1) is 21.8. The van der Waals surface area contributed by atoms with Gasteiger partial charge in [-0.15, -0.1) is 0 Å². The first-order valence-corrected chi connectivity index (χ1v) is 14.5. The number of rotatable bonds is 4. The molecular formula is C38H23N5O. The van der Waals surface area contributed by atoms with Gasteiger partial charge in [-0.2, -0.15) is 0 Å². The first-order valence-electron chi connectivity index (χ1n) is 14.5. The van der Waals surface area contributed by atoms with Crippen LogP contribution in [0.1, 0.15) is 0 Å². The van der Waals surface area contributed by atoms with Crippen LogP contribution < -0.4 is 0 Å². The smallest absolute Gasteiger partial charge is 0.164 e. The summed E-state index contributed by atoms with van der Waals surface area (Å²) in [6, 6.07) is 44.9. The van der Waals surface area contributed by atoms with Crippen molar-refractivity contribution in [3.63, 3.8) is 0 Å². The van der Waals surface area contributed by atoms with Crippen molar-refractivity contribution in [1.29, 1.82) is 0 Å². The molecule has 4 heterocycles. The summed E-state index contributed by atoms with van der Waals surface area (Å²) in [6.45, 7) is 0. The van der Waals surface area contributed by atoms with Gasteiger partial charge >= 0.3 is 0 Å². The molecule has 4 aromatic heterocycles. The maximum absolute atomic E-state index is 6.68. The maximum Gasteiger partial charge on any atom is 0.164 e. The van der Waals surface area contributed by atoms with Gasteiger partial charge < -0.3 is 4.42 Å². The van der Waals surface area contributed by atoms with Crippen molar-refractivity contribution in [1.82, 2.24) is 24.5 Å². The molecule has 0 amide bonds. The van der Waals surface area contributed by atoms with E-state index in [2.05, 4.69) is 59.2 Å². The van der Waals surface area contributed by atoms with Crippen molar-refractivity contribution >= 4 is 43.9 Å². The van der Waals surface area contributed by atoms with E-state index in [9.17, 15) is 0 Å². The zero-order chi connectivity index (χ0) is 29.0. The molecule has 0 atom stereocenters. The van der Waals surface area contributed by atoms with Crippen LogP contribution in [-0.4, -0.2) is 24.5 Å². The SMILES string of the molecule is c1ccc(-c2nc(-c3ccccc3)nc(-c3cccc4oc5c(-n6c7ccccc7c7cccnc76)cccc5c34)n2)cc1. The molecule has 9 aromatic rings. The Labute approximate surface area is 251 Å². The monoisotopic (exact) mass is 565 g/mol. The highest BCUT2D eigenvalue weighted by Crippen LogP contribution is 2.40. The molecule has 0 spiro atoms. The summed E-state index contributed by atoms with van der Waals surface area (Å²) in [4.78, 5) is 19.7. The molecule has 0 saturated heterocycles. The molecule has 0 aliphatic rings. The summed E-state index contributed by atoms with van der Waals surface area (Å²) in [5, 5.41) is 4.20. The van der Waals surface area contributed by atoms with E-state index in [-0.39, 0.29) is 0 Å². The lowest BCUT2D eigenvalue weighted by atomic mass is 10.0. The fraction of sp³-hybridized carbons (Fsp3) is 0. The Morgan fingerprint density at radius 1 is 0.500 bits per heavy atom. The van der Waals surface area contributed by atoms with E-state index in [4.69, 9.17) is 24.4 Å². The van der Waals surface area contributed by atoms with E-state index < -0.39 is 0 Å². The molecule has 6 heteroatoms. The third-order valence-corrected chi connectivity index (χ3v) is 8.12. The standard InChI is InChI=1S/C38H23N5O/c1-3-12-24(13-4-1)35-40-36(25-14-5-2-6-15-25)42-37(41-35)29-18-10-22-32-33(29)28-17-9-21-31(34(28)44-32)43-30-20-8-7-16-26(30)27-19-11-23-39-38(27)43/h1-23H. The lowest BCUT2D eigenvalue weighted by Crippen LogP contribution is -2.00. The van der Waals surface area contributed by atoms with Gasteiger partial charge in [-0.25, -0.2) is 19.9 Å². The summed E-state index contributed by atoms with van der Waals surface area (Å²) >= 11 is 0. The van der Waals surface area contributed by atoms with E-state index in [1.807, 2.05) is 85.1 Å². The van der Waals surface area contributed by atoms with Gasteiger partial charge in [0.25, 0.3) is 0 Å². The lowest BCUT2D eigenvalue weighted by Gasteiger charge is -2.09. The van der Waals surface area contributed by atoms with Gasteiger partial charge in [-0.1, -0.05) is 103 Å². The fourth-order valence-corrected chi connectivity index (χ4v) is 6.16. The summed E-state index contributed by atoms with van der Waals surface area (Å²) < 4.78 is 8.87. The fourth-order valence-electron chi connectivity index (χ4n) is 6.16. The molecule has 0 aliphatic carbocycles. The Bertz CT molecular complexity index is 2390. The van der Waals surface area contributed by atoms with Gasteiger partial charge in [-0.05, 0) is 30.3 Å². The Morgan fingerprint density at radius 3 is 1.91 bits per heavy atom. The minimum atomic E-state index is 0.593. The lowest BCUT2D eigenvalue weighted by molar-refractivity contribution is 0.666. The van der Waals surface area contributed by atoms with Crippen molar-refractivity contribution in [2.75, 3.05) is 0 Å². The zero-order valence-electron chi connectivity index (χ0n) is 23.4. The quantitative estimate of drug-likeness (QED) is 0.213. The van der Waals surface area contributed by atoms with Gasteiger partial charge in [0.05, 0.1) is 11.2 Å². The number of para-hydroxylation sites is 2. The van der Waals surface area contributed by atoms with Crippen LogP contribution in [0.4, 0.5) is 0 Å². The van der Waals surface area contributed by atoms with E-state index in [0.717, 1.165) is 66.3 Å². The molecule has 0 bridgehead atoms. The molecule has 0 radical (unpaired) electrons. The number of aromatic nitrogens is 5. The molecule has 0 aliphatic heterocycles. The molecule has 0 N–H and O–H groups in total. The van der Waals surface area contributed by atoms with Gasteiger partial charge in [0.1, 0.15) is 11.2 Å². The summed E-state index contributed by atoms with van der Waals surface area (Å²) in [6.07, 6.45) is 1.84. The molecule has 9 rings (SSSR count). The summed E-state index contributed by atoms with van der Waals surface area (Å²) in [7, 11) is 0. The minimum Gasteiger partial charge on any atom is -0.454 e. The molecule has 0 fully saturated rings. The second-order valence-corrected chi connectivity index (χ2v) is 10.7. The highest BCUT2D eigenvalue weighted by molar-refractivity contribution is 6.15. The van der Waals surface area contributed by atoms with Crippen molar-refractivity contribution in [2.45, 2.75) is 0 Å². The third kappa shape index (κ3) is 3.75. The van der Waals surface area contributed by atoms with Crippen LogP contribution in [-0.2, 0) is 0 Å². The Morgan fingerprint density at radius 2 is 1.14 bits per heavy atom. The normalized spacial score (nSPS) is 11.6. The largest absolute Gasteiger partial charge is 0.454 e. The van der Waals surface area contributed by atoms with E-state index in [0.29, 0.717) is 17.5 Å². The summed E-state index contributed by atoms with van der Waals surface area (Å²) in [5.74, 6) is 1.84. The van der Waals surface area contributed by atoms with E-state index in [1.54, 1.807) is 0 Å². The highest BCUT2D eigenvalue weighted by Gasteiger charge is 2.21. The molecule has 5 aromatic carbocycles. The topological polar surface area (TPSA) is 69.6 Å². The van der Waals surface area contributed by atoms with Crippen molar-refractivity contribution in [2.24, 2.45) is 0 Å². The predicted molar refractivity (Wildman–Crippen MR) is 176 cm³/mol. The van der Waals surface area contributed by atoms with E-state index >= 15 is 0 Å². The Balaban J connectivity index is 1.32. The van der Waals surface area contributed by atoms with Gasteiger partial charge in [-0.3, -0.25) is 4.57 Å². The van der Waals surface area contributed by atoms with Crippen LogP contribution in [0.25, 0.3) is 83.7 Å². The average molecular weight is 566 g/mol. The van der Waals surface area contributed by atoms with Crippen molar-refractivity contribution in [3.05, 3.63) is 140 Å². The molecule has 0 unspecified atom stereocenters. The van der Waals surface area contributed by atoms with Crippen molar-refractivity contribution in [3.8, 4) is 39.9 Å². The van der Waals surface area contributed by atoms with E-state index in [1.165, 1.54) is 0 Å². The summed E-state index contributed by atoms with van der Waals surface area (Å²) in [5.41, 5.74) is 7.18. The van der Waals surface area contributed by atoms with Gasteiger partial charge in [0.2, 0.25) is 0 Å². The van der Waals surface area contributed by atoms with Crippen LogP contribution in [0.2, 0.25) is 0 Å².